The van der Waals surface area contributed by atoms with E-state index in [0.29, 0.717) is 11.6 Å². The van der Waals surface area contributed by atoms with Crippen LogP contribution in [0.2, 0.25) is 0 Å². The Kier molecular flexibility index (Phi) is 8.58. The maximum atomic E-state index is 13.5. The van der Waals surface area contributed by atoms with E-state index in [1.54, 1.807) is 12.1 Å². The normalized spacial score (nSPS) is 14.4. The summed E-state index contributed by atoms with van der Waals surface area (Å²) in [5.41, 5.74) is 3.49. The first kappa shape index (κ1) is 27.5. The summed E-state index contributed by atoms with van der Waals surface area (Å²) in [7, 11) is -2.50. The van der Waals surface area contributed by atoms with Crippen molar-refractivity contribution < 1.29 is 18.1 Å². The molecule has 0 unspecified atom stereocenters. The minimum Gasteiger partial charge on any atom is -0.307 e. The van der Waals surface area contributed by atoms with Crippen molar-refractivity contribution in [2.75, 3.05) is 18.5 Å². The van der Waals surface area contributed by atoms with Gasteiger partial charge >= 0.3 is 0 Å². The third kappa shape index (κ3) is 6.46. The molecule has 1 saturated carbocycles. The van der Waals surface area contributed by atoms with Gasteiger partial charge in [-0.25, -0.2) is 8.42 Å². The largest absolute Gasteiger partial charge is 0.307 e. The van der Waals surface area contributed by atoms with Gasteiger partial charge < -0.3 is 4.90 Å². The van der Waals surface area contributed by atoms with E-state index >= 15 is 0 Å². The van der Waals surface area contributed by atoms with Crippen LogP contribution in [0, 0.1) is 17.0 Å². The topological polar surface area (TPSA) is 101 Å². The second-order valence-corrected chi connectivity index (χ2v) is 11.9. The van der Waals surface area contributed by atoms with E-state index in [2.05, 4.69) is 12.1 Å². The van der Waals surface area contributed by atoms with Gasteiger partial charge in [-0.1, -0.05) is 61.2 Å². The smallest absolute Gasteiger partial charge is 0.269 e. The van der Waals surface area contributed by atoms with Crippen LogP contribution < -0.4 is 4.90 Å². The molecule has 0 aromatic heterocycles. The number of hydrogen-bond acceptors (Lipinski definition) is 5. The van der Waals surface area contributed by atoms with Crippen LogP contribution in [0.4, 0.5) is 11.4 Å². The number of non-ortho nitro benzene ring substituents is 1. The number of benzene rings is 3. The summed E-state index contributed by atoms with van der Waals surface area (Å²) in [5.74, 6) is 0.124. The van der Waals surface area contributed by atoms with Gasteiger partial charge in [0.2, 0.25) is 15.9 Å². The summed E-state index contributed by atoms with van der Waals surface area (Å²) in [6, 6.07) is 20.4. The minimum absolute atomic E-state index is 0.0861. The highest BCUT2D eigenvalue weighted by Crippen LogP contribution is 2.33. The number of nitro groups is 1. The number of carbonyl (C=O) groups is 1. The van der Waals surface area contributed by atoms with Crippen LogP contribution in [0.5, 0.6) is 0 Å². The Morgan fingerprint density at radius 3 is 2.11 bits per heavy atom. The van der Waals surface area contributed by atoms with Crippen molar-refractivity contribution in [2.24, 2.45) is 0 Å². The Bertz CT molecular complexity index is 1370. The maximum absolute atomic E-state index is 13.5. The van der Waals surface area contributed by atoms with Crippen molar-refractivity contribution in [1.29, 1.82) is 0 Å². The van der Waals surface area contributed by atoms with Gasteiger partial charge in [0.15, 0.2) is 0 Å². The zero-order chi connectivity index (χ0) is 27.3. The van der Waals surface area contributed by atoms with Gasteiger partial charge in [0, 0.05) is 24.9 Å². The first-order valence-electron chi connectivity index (χ1n) is 12.8. The highest BCUT2D eigenvalue weighted by Gasteiger charge is 2.26. The average molecular weight is 536 g/mol. The second kappa shape index (κ2) is 11.9. The van der Waals surface area contributed by atoms with E-state index in [9.17, 15) is 23.3 Å². The van der Waals surface area contributed by atoms with Crippen LogP contribution >= 0.6 is 0 Å². The highest BCUT2D eigenvalue weighted by atomic mass is 32.2. The van der Waals surface area contributed by atoms with Gasteiger partial charge in [0.1, 0.15) is 0 Å². The molecule has 0 radical (unpaired) electrons. The summed E-state index contributed by atoms with van der Waals surface area (Å²) in [6.45, 7) is 1.70. The van der Waals surface area contributed by atoms with E-state index in [1.807, 2.05) is 19.1 Å². The van der Waals surface area contributed by atoms with Crippen LogP contribution in [0.25, 0.3) is 0 Å². The predicted octanol–water partition coefficient (Wildman–Crippen LogP) is 5.80. The van der Waals surface area contributed by atoms with Gasteiger partial charge in [-0.15, -0.1) is 0 Å². The fourth-order valence-electron chi connectivity index (χ4n) is 4.84. The fraction of sp³-hybridized carbons (Fsp3) is 0.345. The van der Waals surface area contributed by atoms with Crippen LogP contribution in [-0.2, 0) is 21.4 Å². The Labute approximate surface area is 224 Å². The molecule has 1 aliphatic rings. The molecule has 4 rings (SSSR count). The number of sulfonamides is 1. The molecule has 0 saturated heterocycles. The van der Waals surface area contributed by atoms with Crippen LogP contribution in [0.15, 0.2) is 77.7 Å². The Morgan fingerprint density at radius 1 is 0.921 bits per heavy atom. The summed E-state index contributed by atoms with van der Waals surface area (Å²) >= 11 is 0. The summed E-state index contributed by atoms with van der Waals surface area (Å²) in [6.07, 6.45) is 6.15. The lowest BCUT2D eigenvalue weighted by atomic mass is 9.84. The van der Waals surface area contributed by atoms with E-state index < -0.39 is 20.9 Å². The number of aryl methyl sites for hydroxylation is 1. The van der Waals surface area contributed by atoms with Crippen molar-refractivity contribution in [3.63, 3.8) is 0 Å². The van der Waals surface area contributed by atoms with Gasteiger partial charge in [0.25, 0.3) is 5.69 Å². The molecule has 0 bridgehead atoms. The van der Waals surface area contributed by atoms with Gasteiger partial charge in [-0.2, -0.15) is 4.31 Å². The lowest BCUT2D eigenvalue weighted by Crippen LogP contribution is -2.41. The fourth-order valence-corrected chi connectivity index (χ4v) is 5.96. The number of hydrogen-bond donors (Lipinski definition) is 0. The third-order valence-electron chi connectivity index (χ3n) is 7.16. The molecule has 1 amide bonds. The molecular formula is C29H33N3O5S. The molecule has 38 heavy (non-hydrogen) atoms. The number of anilines is 1. The Morgan fingerprint density at radius 2 is 1.53 bits per heavy atom. The quantitative estimate of drug-likeness (QED) is 0.254. The first-order valence-corrected chi connectivity index (χ1v) is 14.3. The summed E-state index contributed by atoms with van der Waals surface area (Å²) in [5, 5.41) is 11.1. The summed E-state index contributed by atoms with van der Waals surface area (Å²) in [4.78, 5) is 25.7. The molecule has 1 fully saturated rings. The number of likely N-dealkylation sites (N-methyl/N-ethyl adjacent to an activating group) is 1. The standard InChI is InChI=1S/C29H33N3O5S/c1-22-8-18-28(19-9-22)38(36,37)30(2)21-29(33)31(26-14-16-27(17-15-26)32(34)35)20-23-10-12-25(13-11-23)24-6-4-3-5-7-24/h8-19,24H,3-7,20-21H2,1-2H3. The molecule has 0 spiro atoms. The van der Waals surface area contributed by atoms with E-state index in [-0.39, 0.29) is 23.7 Å². The number of amides is 1. The number of nitrogens with zero attached hydrogens (tertiary/aromatic N) is 3. The molecule has 0 aliphatic heterocycles. The maximum Gasteiger partial charge on any atom is 0.269 e. The number of nitro benzene ring substituents is 1. The molecule has 0 N–H and O–H groups in total. The van der Waals surface area contributed by atoms with Crippen molar-refractivity contribution >= 4 is 27.3 Å². The molecule has 9 heteroatoms. The molecule has 1 aliphatic carbocycles. The molecule has 200 valence electrons. The predicted molar refractivity (Wildman–Crippen MR) is 148 cm³/mol. The van der Waals surface area contributed by atoms with E-state index in [4.69, 9.17) is 0 Å². The van der Waals surface area contributed by atoms with Crippen molar-refractivity contribution in [3.05, 3.63) is 99.6 Å². The van der Waals surface area contributed by atoms with E-state index in [0.717, 1.165) is 15.4 Å². The zero-order valence-corrected chi connectivity index (χ0v) is 22.6. The van der Waals surface area contributed by atoms with Crippen LogP contribution in [-0.4, -0.2) is 37.1 Å². The number of carbonyl (C=O) groups excluding carboxylic acids is 1. The van der Waals surface area contributed by atoms with Crippen molar-refractivity contribution in [3.8, 4) is 0 Å². The molecular weight excluding hydrogens is 502 g/mol. The van der Waals surface area contributed by atoms with Crippen molar-refractivity contribution in [1.82, 2.24) is 4.31 Å². The zero-order valence-electron chi connectivity index (χ0n) is 21.7. The van der Waals surface area contributed by atoms with Gasteiger partial charge in [-0.3, -0.25) is 14.9 Å². The van der Waals surface area contributed by atoms with E-state index in [1.165, 1.54) is 86.0 Å². The minimum atomic E-state index is -3.88. The third-order valence-corrected chi connectivity index (χ3v) is 8.97. The first-order chi connectivity index (χ1) is 18.1. The number of rotatable bonds is 9. The second-order valence-electron chi connectivity index (χ2n) is 9.90. The highest BCUT2D eigenvalue weighted by molar-refractivity contribution is 7.89. The van der Waals surface area contributed by atoms with Crippen molar-refractivity contribution in [2.45, 2.75) is 56.4 Å². The molecule has 3 aromatic carbocycles. The van der Waals surface area contributed by atoms with Gasteiger partial charge in [-0.05, 0) is 61.1 Å². The van der Waals surface area contributed by atoms with Crippen LogP contribution in [0.1, 0.15) is 54.7 Å². The average Bonchev–Trinajstić information content (AvgIpc) is 2.92. The molecule has 0 atom stereocenters. The van der Waals surface area contributed by atoms with Crippen LogP contribution in [0.3, 0.4) is 0 Å². The Balaban J connectivity index is 1.56. The molecule has 8 nitrogen and oxygen atoms in total. The lowest BCUT2D eigenvalue weighted by Gasteiger charge is -2.26. The van der Waals surface area contributed by atoms with Gasteiger partial charge in [0.05, 0.1) is 22.9 Å². The molecule has 0 heterocycles. The SMILES string of the molecule is Cc1ccc(S(=O)(=O)N(C)CC(=O)N(Cc2ccc(C3CCCCC3)cc2)c2ccc([N+](=O)[O-])cc2)cc1. The molecule has 3 aromatic rings. The summed E-state index contributed by atoms with van der Waals surface area (Å²) < 4.78 is 27.2. The Hall–Kier alpha value is -3.56. The monoisotopic (exact) mass is 535 g/mol. The lowest BCUT2D eigenvalue weighted by molar-refractivity contribution is -0.384.